The van der Waals surface area contributed by atoms with Crippen LogP contribution in [0.2, 0.25) is 10.0 Å². The molecule has 0 amide bonds. The first-order valence-corrected chi connectivity index (χ1v) is 12.6. The van der Waals surface area contributed by atoms with E-state index < -0.39 is 5.97 Å². The molecular weight excluding hydrogens is 491 g/mol. The van der Waals surface area contributed by atoms with Gasteiger partial charge in [0.05, 0.1) is 34.5 Å². The quantitative estimate of drug-likeness (QED) is 0.206. The second-order valence-corrected chi connectivity index (χ2v) is 9.53. The van der Waals surface area contributed by atoms with Gasteiger partial charge in [-0.3, -0.25) is 0 Å². The van der Waals surface area contributed by atoms with Gasteiger partial charge in [0, 0.05) is 17.6 Å². The number of aromatic nitrogens is 1. The molecule has 1 heterocycles. The lowest BCUT2D eigenvalue weighted by molar-refractivity contribution is 0.0698. The van der Waals surface area contributed by atoms with Crippen molar-refractivity contribution in [3.63, 3.8) is 0 Å². The number of benzene rings is 2. The van der Waals surface area contributed by atoms with Gasteiger partial charge in [-0.1, -0.05) is 52.2 Å². The Kier molecular flexibility index (Phi) is 9.83. The Balaban J connectivity index is 1.43. The van der Waals surface area contributed by atoms with Gasteiger partial charge < -0.3 is 19.9 Å². The number of hydrogen-bond donors (Lipinski definition) is 2. The van der Waals surface area contributed by atoms with Crippen molar-refractivity contribution in [2.45, 2.75) is 5.03 Å². The highest BCUT2D eigenvalue weighted by molar-refractivity contribution is 8.76. The van der Waals surface area contributed by atoms with Crippen molar-refractivity contribution >= 4 is 62.1 Å². The third-order valence-corrected chi connectivity index (χ3v) is 6.79. The fraction of sp³-hybridized carbons (Fsp3) is 0.182. The van der Waals surface area contributed by atoms with E-state index in [9.17, 15) is 9.90 Å². The maximum absolute atomic E-state index is 11.4. The van der Waals surface area contributed by atoms with Crippen molar-refractivity contribution < 1.29 is 19.4 Å². The molecule has 0 saturated carbocycles. The Hall–Kier alpha value is -2.10. The van der Waals surface area contributed by atoms with Crippen LogP contribution in [0.25, 0.3) is 0 Å². The predicted molar refractivity (Wildman–Crippen MR) is 132 cm³/mol. The third kappa shape index (κ3) is 7.50. The number of pyridine rings is 1. The average molecular weight is 511 g/mol. The summed E-state index contributed by atoms with van der Waals surface area (Å²) < 4.78 is 11.3. The molecule has 6 nitrogen and oxygen atoms in total. The first kappa shape index (κ1) is 24.5. The minimum Gasteiger partial charge on any atom is -0.488 e. The van der Waals surface area contributed by atoms with Crippen LogP contribution in [-0.4, -0.2) is 41.6 Å². The highest BCUT2D eigenvalue weighted by Crippen LogP contribution is 2.37. The molecule has 0 aliphatic carbocycles. The van der Waals surface area contributed by atoms with Crippen molar-refractivity contribution in [2.75, 3.05) is 30.9 Å². The van der Waals surface area contributed by atoms with Crippen LogP contribution in [0.5, 0.6) is 5.75 Å². The van der Waals surface area contributed by atoms with E-state index in [1.54, 1.807) is 58.1 Å². The number of carbonyl (C=O) groups is 1. The number of carboxylic acids is 1. The molecule has 1 aromatic heterocycles. The Morgan fingerprint density at radius 1 is 1.03 bits per heavy atom. The predicted octanol–water partition coefficient (Wildman–Crippen LogP) is 6.67. The van der Waals surface area contributed by atoms with Gasteiger partial charge in [0.15, 0.2) is 5.75 Å². The molecule has 2 N–H and O–H groups in total. The van der Waals surface area contributed by atoms with Gasteiger partial charge in [0.2, 0.25) is 0 Å². The van der Waals surface area contributed by atoms with Crippen molar-refractivity contribution in [1.29, 1.82) is 0 Å². The SMILES string of the molecule is O=C(O)c1ccccc1Nc1cc(Cl)c(OCCOCCSSc2ccccn2)c(Cl)c1. The average Bonchev–Trinajstić information content (AvgIpc) is 2.78. The van der Waals surface area contributed by atoms with Crippen molar-refractivity contribution in [3.05, 3.63) is 76.4 Å². The molecule has 0 radical (unpaired) electrons. The van der Waals surface area contributed by atoms with Gasteiger partial charge in [-0.05, 0) is 47.2 Å². The van der Waals surface area contributed by atoms with Crippen LogP contribution in [0.15, 0.2) is 65.8 Å². The van der Waals surface area contributed by atoms with Crippen molar-refractivity contribution in [1.82, 2.24) is 4.98 Å². The number of rotatable bonds is 12. The van der Waals surface area contributed by atoms with Crippen molar-refractivity contribution in [3.8, 4) is 5.75 Å². The molecule has 32 heavy (non-hydrogen) atoms. The molecule has 0 atom stereocenters. The molecule has 0 unspecified atom stereocenters. The van der Waals surface area contributed by atoms with Gasteiger partial charge >= 0.3 is 5.97 Å². The van der Waals surface area contributed by atoms with E-state index in [0.717, 1.165) is 10.8 Å². The molecule has 3 rings (SSSR count). The molecule has 2 aromatic carbocycles. The minimum atomic E-state index is -1.03. The van der Waals surface area contributed by atoms with E-state index >= 15 is 0 Å². The number of hydrogen-bond acceptors (Lipinski definition) is 7. The zero-order valence-electron chi connectivity index (χ0n) is 16.8. The van der Waals surface area contributed by atoms with Crippen LogP contribution in [0.1, 0.15) is 10.4 Å². The lowest BCUT2D eigenvalue weighted by Gasteiger charge is -2.14. The molecule has 0 aliphatic rings. The van der Waals surface area contributed by atoms with Gasteiger partial charge in [-0.25, -0.2) is 9.78 Å². The Morgan fingerprint density at radius 2 is 1.78 bits per heavy atom. The molecule has 168 valence electrons. The summed E-state index contributed by atoms with van der Waals surface area (Å²) in [6.07, 6.45) is 1.77. The molecule has 10 heteroatoms. The van der Waals surface area contributed by atoms with Crippen LogP contribution in [-0.2, 0) is 4.74 Å². The van der Waals surface area contributed by atoms with Crippen molar-refractivity contribution in [2.24, 2.45) is 0 Å². The number of anilines is 2. The summed E-state index contributed by atoms with van der Waals surface area (Å²) in [5.74, 6) is 0.147. The van der Waals surface area contributed by atoms with Crippen LogP contribution in [0.4, 0.5) is 11.4 Å². The van der Waals surface area contributed by atoms with E-state index in [1.807, 2.05) is 18.2 Å². The standard InChI is InChI=1S/C22H20Cl2N2O4S2/c23-17-13-15(26-19-6-2-1-5-16(19)22(27)28)14-18(24)21(17)30-10-9-29-11-12-31-32-20-7-3-4-8-25-20/h1-8,13-14,26H,9-12H2,(H,27,28). The molecule has 0 bridgehead atoms. The first-order valence-electron chi connectivity index (χ1n) is 9.54. The van der Waals surface area contributed by atoms with Gasteiger partial charge in [0.25, 0.3) is 0 Å². The second-order valence-electron chi connectivity index (χ2n) is 6.28. The van der Waals surface area contributed by atoms with Crippen LogP contribution < -0.4 is 10.1 Å². The van der Waals surface area contributed by atoms with E-state index in [4.69, 9.17) is 32.7 Å². The molecule has 3 aromatic rings. The number of carboxylic acid groups (broad SMARTS) is 1. The van der Waals surface area contributed by atoms with E-state index in [-0.39, 0.29) is 5.56 Å². The fourth-order valence-electron chi connectivity index (χ4n) is 2.60. The molecule has 0 spiro atoms. The molecule has 0 saturated heterocycles. The number of aromatic carboxylic acids is 1. The lowest BCUT2D eigenvalue weighted by Crippen LogP contribution is -2.09. The van der Waals surface area contributed by atoms with E-state index in [1.165, 1.54) is 6.07 Å². The molecule has 0 fully saturated rings. The second kappa shape index (κ2) is 12.8. The Labute approximate surface area is 204 Å². The summed E-state index contributed by atoms with van der Waals surface area (Å²) >= 11 is 12.6. The zero-order chi connectivity index (χ0) is 22.8. The highest BCUT2D eigenvalue weighted by atomic mass is 35.5. The van der Waals surface area contributed by atoms with Gasteiger partial charge in [0.1, 0.15) is 11.6 Å². The third-order valence-electron chi connectivity index (χ3n) is 4.00. The Bertz CT molecular complexity index is 1020. The zero-order valence-corrected chi connectivity index (χ0v) is 19.9. The van der Waals surface area contributed by atoms with Crippen LogP contribution in [0.3, 0.4) is 0 Å². The number of nitrogens with one attached hydrogen (secondary N) is 1. The van der Waals surface area contributed by atoms with E-state index in [0.29, 0.717) is 47.0 Å². The molecular formula is C22H20Cl2N2O4S2. The van der Waals surface area contributed by atoms with Crippen LogP contribution in [0, 0.1) is 0 Å². The maximum atomic E-state index is 11.4. The summed E-state index contributed by atoms with van der Waals surface area (Å²) in [7, 11) is 3.28. The topological polar surface area (TPSA) is 80.7 Å². The molecule has 0 aliphatic heterocycles. The maximum Gasteiger partial charge on any atom is 0.337 e. The Morgan fingerprint density at radius 3 is 2.50 bits per heavy atom. The fourth-order valence-corrected chi connectivity index (χ4v) is 4.94. The van der Waals surface area contributed by atoms with Crippen LogP contribution >= 0.6 is 44.8 Å². The summed E-state index contributed by atoms with van der Waals surface area (Å²) in [4.78, 5) is 15.6. The summed E-state index contributed by atoms with van der Waals surface area (Å²) in [5.41, 5.74) is 1.14. The largest absolute Gasteiger partial charge is 0.488 e. The number of halogens is 2. The first-order chi connectivity index (χ1) is 15.5. The number of para-hydroxylation sites is 1. The summed E-state index contributed by atoms with van der Waals surface area (Å²) in [5, 5.41) is 13.9. The monoisotopic (exact) mass is 510 g/mol. The number of ether oxygens (including phenoxy) is 2. The van der Waals surface area contributed by atoms with Gasteiger partial charge in [-0.15, -0.1) is 0 Å². The number of nitrogens with zero attached hydrogens (tertiary/aromatic N) is 1. The normalized spacial score (nSPS) is 10.7. The lowest BCUT2D eigenvalue weighted by atomic mass is 10.1. The van der Waals surface area contributed by atoms with E-state index in [2.05, 4.69) is 10.3 Å². The summed E-state index contributed by atoms with van der Waals surface area (Å²) in [6.45, 7) is 1.28. The summed E-state index contributed by atoms with van der Waals surface area (Å²) in [6, 6.07) is 15.7. The van der Waals surface area contributed by atoms with Gasteiger partial charge in [-0.2, -0.15) is 0 Å². The minimum absolute atomic E-state index is 0.147. The highest BCUT2D eigenvalue weighted by Gasteiger charge is 2.13. The smallest absolute Gasteiger partial charge is 0.337 e.